The van der Waals surface area contributed by atoms with Crippen molar-refractivity contribution in [3.63, 3.8) is 0 Å². The molecule has 0 radical (unpaired) electrons. The molecule has 7 nitrogen and oxygen atoms in total. The second-order valence-electron chi connectivity index (χ2n) is 10.6. The monoisotopic (exact) mass is 636 g/mol. The Morgan fingerprint density at radius 2 is 1.69 bits per heavy atom. The molecule has 2 saturated carbocycles. The van der Waals surface area contributed by atoms with Gasteiger partial charge in [-0.15, -0.1) is 11.3 Å². The lowest BCUT2D eigenvalue weighted by Crippen LogP contribution is -2.59. The van der Waals surface area contributed by atoms with Crippen LogP contribution in [0.15, 0.2) is 42.0 Å². The number of benzene rings is 1. The van der Waals surface area contributed by atoms with Crippen molar-refractivity contribution in [3.8, 4) is 5.75 Å². The van der Waals surface area contributed by atoms with Crippen LogP contribution in [0, 0.1) is 0 Å². The van der Waals surface area contributed by atoms with Gasteiger partial charge in [-0.1, -0.05) is 12.1 Å². The largest absolute Gasteiger partial charge is 0.494 e. The van der Waals surface area contributed by atoms with Crippen molar-refractivity contribution in [1.29, 1.82) is 0 Å². The maximum Gasteiger partial charge on any atom is 0.416 e. The summed E-state index contributed by atoms with van der Waals surface area (Å²) in [5.41, 5.74) is -4.32. The number of carbonyl (C=O) groups excluding carboxylic acids is 2. The third-order valence-electron chi connectivity index (χ3n) is 7.33. The second kappa shape index (κ2) is 10.9. The minimum absolute atomic E-state index is 0.0360. The van der Waals surface area contributed by atoms with Crippen molar-refractivity contribution in [2.45, 2.75) is 74.0 Å². The Morgan fingerprint density at radius 1 is 1.02 bits per heavy atom. The lowest BCUT2D eigenvalue weighted by atomic mass is 9.78. The SMILES string of the molecule is O=C1NC(c2ccc(OCCCC(F)(F)F)cc2)(C(F)(F)F)CC(c2ccc(C3CC3)s2)=C1C(=O)NS(=O)(=O)C1CC1. The summed E-state index contributed by atoms with van der Waals surface area (Å²) >= 11 is 1.16. The van der Waals surface area contributed by atoms with E-state index in [-0.39, 0.29) is 35.1 Å². The zero-order chi connectivity index (χ0) is 30.5. The number of hydrogen-bond acceptors (Lipinski definition) is 6. The first kappa shape index (κ1) is 30.4. The van der Waals surface area contributed by atoms with E-state index in [9.17, 15) is 44.3 Å². The number of halogens is 6. The number of nitrogens with one attached hydrogen (secondary N) is 2. The number of rotatable bonds is 10. The van der Waals surface area contributed by atoms with Crippen molar-refractivity contribution in [1.82, 2.24) is 10.0 Å². The minimum Gasteiger partial charge on any atom is -0.494 e. The summed E-state index contributed by atoms with van der Waals surface area (Å²) in [7, 11) is -4.10. The van der Waals surface area contributed by atoms with E-state index in [2.05, 4.69) is 0 Å². The van der Waals surface area contributed by atoms with Gasteiger partial charge in [0.1, 0.15) is 11.3 Å². The molecule has 1 atom stereocenters. The van der Waals surface area contributed by atoms with Gasteiger partial charge in [0.25, 0.3) is 11.8 Å². The molecule has 2 aromatic rings. The molecule has 1 unspecified atom stereocenters. The van der Waals surface area contributed by atoms with E-state index >= 15 is 0 Å². The lowest BCUT2D eigenvalue weighted by Gasteiger charge is -2.41. The quantitative estimate of drug-likeness (QED) is 0.198. The molecule has 2 aliphatic carbocycles. The van der Waals surface area contributed by atoms with E-state index in [1.54, 1.807) is 6.07 Å². The van der Waals surface area contributed by atoms with Crippen molar-refractivity contribution in [2.75, 3.05) is 6.61 Å². The van der Waals surface area contributed by atoms with Crippen molar-refractivity contribution in [2.24, 2.45) is 0 Å². The highest BCUT2D eigenvalue weighted by Gasteiger charge is 2.60. The van der Waals surface area contributed by atoms with Crippen LogP contribution in [0.3, 0.4) is 0 Å². The fourth-order valence-electron chi connectivity index (χ4n) is 4.79. The molecule has 1 aromatic carbocycles. The van der Waals surface area contributed by atoms with Crippen molar-refractivity contribution >= 4 is 38.7 Å². The predicted octanol–water partition coefficient (Wildman–Crippen LogP) is 5.69. The maximum atomic E-state index is 14.9. The molecule has 0 bridgehead atoms. The van der Waals surface area contributed by atoms with Crippen LogP contribution in [0.1, 0.15) is 66.2 Å². The molecule has 3 aliphatic rings. The van der Waals surface area contributed by atoms with E-state index < -0.39 is 69.0 Å². The highest BCUT2D eigenvalue weighted by molar-refractivity contribution is 7.91. The van der Waals surface area contributed by atoms with Gasteiger partial charge in [-0.2, -0.15) is 26.3 Å². The Morgan fingerprint density at radius 3 is 2.26 bits per heavy atom. The Hall–Kier alpha value is -3.07. The van der Waals surface area contributed by atoms with E-state index in [0.29, 0.717) is 12.8 Å². The van der Waals surface area contributed by atoms with Gasteiger partial charge >= 0.3 is 12.4 Å². The topological polar surface area (TPSA) is 102 Å². The Kier molecular flexibility index (Phi) is 7.88. The van der Waals surface area contributed by atoms with Crippen LogP contribution >= 0.6 is 11.3 Å². The van der Waals surface area contributed by atoms with Crippen LogP contribution in [0.4, 0.5) is 26.3 Å². The highest BCUT2D eigenvalue weighted by atomic mass is 32.2. The molecule has 0 spiro atoms. The third kappa shape index (κ3) is 6.46. The minimum atomic E-state index is -5.07. The fraction of sp³-hybridized carbons (Fsp3) is 0.481. The fourth-order valence-corrected chi connectivity index (χ4v) is 7.30. The van der Waals surface area contributed by atoms with Crippen LogP contribution in [-0.2, 0) is 25.2 Å². The van der Waals surface area contributed by atoms with Crippen LogP contribution in [0.2, 0.25) is 0 Å². The molecule has 42 heavy (non-hydrogen) atoms. The van der Waals surface area contributed by atoms with Gasteiger partial charge in [0, 0.05) is 22.6 Å². The second-order valence-corrected chi connectivity index (χ2v) is 13.7. The van der Waals surface area contributed by atoms with Crippen LogP contribution < -0.4 is 14.8 Å². The summed E-state index contributed by atoms with van der Waals surface area (Å²) in [6.45, 7) is -0.309. The number of amides is 2. The predicted molar refractivity (Wildman–Crippen MR) is 141 cm³/mol. The zero-order valence-corrected chi connectivity index (χ0v) is 23.5. The third-order valence-corrected chi connectivity index (χ3v) is 10.5. The number of hydrogen-bond donors (Lipinski definition) is 2. The van der Waals surface area contributed by atoms with Gasteiger partial charge < -0.3 is 10.1 Å². The Bertz CT molecular complexity index is 1510. The molecule has 228 valence electrons. The molecule has 2 amide bonds. The molecule has 1 aromatic heterocycles. The van der Waals surface area contributed by atoms with E-state index in [4.69, 9.17) is 4.74 Å². The number of alkyl halides is 6. The van der Waals surface area contributed by atoms with Gasteiger partial charge in [0.2, 0.25) is 10.0 Å². The number of ether oxygens (including phenoxy) is 1. The molecule has 1 aliphatic heterocycles. The summed E-state index contributed by atoms with van der Waals surface area (Å²) < 4.78 is 114. The van der Waals surface area contributed by atoms with Gasteiger partial charge in [-0.05, 0) is 73.4 Å². The van der Waals surface area contributed by atoms with E-state index in [1.165, 1.54) is 6.07 Å². The highest BCUT2D eigenvalue weighted by Crippen LogP contribution is 2.51. The molecule has 0 saturated heterocycles. The summed E-state index contributed by atoms with van der Waals surface area (Å²) in [5.74, 6) is -2.40. The average molecular weight is 637 g/mol. The molecule has 5 rings (SSSR count). The summed E-state index contributed by atoms with van der Waals surface area (Å²) in [6.07, 6.45) is -9.28. The molecule has 2 fully saturated rings. The van der Waals surface area contributed by atoms with Gasteiger partial charge in [-0.3, -0.25) is 9.59 Å². The maximum absolute atomic E-state index is 14.9. The van der Waals surface area contributed by atoms with E-state index in [1.807, 2.05) is 10.0 Å². The van der Waals surface area contributed by atoms with Crippen molar-refractivity contribution < 1.29 is 49.1 Å². The van der Waals surface area contributed by atoms with Crippen LogP contribution in [-0.4, -0.2) is 44.4 Å². The summed E-state index contributed by atoms with van der Waals surface area (Å²) in [6, 6.07) is 7.69. The number of thiophene rings is 1. The summed E-state index contributed by atoms with van der Waals surface area (Å²) in [5, 5.41) is 1.14. The molecule has 15 heteroatoms. The zero-order valence-electron chi connectivity index (χ0n) is 21.9. The number of carbonyl (C=O) groups is 2. The molecule has 2 N–H and O–H groups in total. The molecule has 2 heterocycles. The standard InChI is InChI=1S/C27H26F6N2O5S2/c28-26(29,30)12-1-13-40-17-6-4-16(5-7-17)25(27(31,32)33)14-19(21-11-10-20(41-21)15-2-3-15)22(23(36)34-25)24(37)35-42(38,39)18-8-9-18/h4-7,10-11,15,18H,1-3,8-9,12-14H2,(H,34,36)(H,35,37). The first-order chi connectivity index (χ1) is 19.6. The first-order valence-electron chi connectivity index (χ1n) is 13.2. The molecular weight excluding hydrogens is 610 g/mol. The smallest absolute Gasteiger partial charge is 0.416 e. The van der Waals surface area contributed by atoms with Crippen LogP contribution in [0.5, 0.6) is 5.75 Å². The van der Waals surface area contributed by atoms with Crippen molar-refractivity contribution in [3.05, 3.63) is 57.3 Å². The Labute approximate surface area is 241 Å². The Balaban J connectivity index is 1.49. The van der Waals surface area contributed by atoms with Crippen LogP contribution in [0.25, 0.3) is 5.57 Å². The average Bonchev–Trinajstić information content (AvgIpc) is 3.83. The first-order valence-corrected chi connectivity index (χ1v) is 15.5. The lowest BCUT2D eigenvalue weighted by molar-refractivity contribution is -0.201. The molecular formula is C27H26F6N2O5S2. The summed E-state index contributed by atoms with van der Waals surface area (Å²) in [4.78, 5) is 27.7. The van der Waals surface area contributed by atoms with Gasteiger partial charge in [-0.25, -0.2) is 13.1 Å². The van der Waals surface area contributed by atoms with E-state index in [0.717, 1.165) is 53.3 Å². The van der Waals surface area contributed by atoms with Gasteiger partial charge in [0.15, 0.2) is 5.54 Å². The normalized spacial score (nSPS) is 21.7. The number of sulfonamides is 1. The van der Waals surface area contributed by atoms with Gasteiger partial charge in [0.05, 0.1) is 11.9 Å².